The fourth-order valence-electron chi connectivity index (χ4n) is 2.72. The van der Waals surface area contributed by atoms with Gasteiger partial charge in [-0.15, -0.1) is 0 Å². The number of amides is 2. The van der Waals surface area contributed by atoms with E-state index in [0.29, 0.717) is 5.69 Å². The lowest BCUT2D eigenvalue weighted by molar-refractivity contribution is -0.384. The molecule has 2 N–H and O–H groups in total. The average molecular weight is 399 g/mol. The molecule has 2 aromatic rings. The van der Waals surface area contributed by atoms with E-state index in [1.807, 2.05) is 62.3 Å². The molecule has 0 bridgehead atoms. The maximum absolute atomic E-state index is 12.2. The SMILES string of the molecule is CN(C)c1ccc(C(CNC(=O)C(=O)Nc2ccc([N+](=O)[O-])cc2)N(C)C)cc1. The summed E-state index contributed by atoms with van der Waals surface area (Å²) in [6.07, 6.45) is 0. The van der Waals surface area contributed by atoms with Gasteiger partial charge in [-0.3, -0.25) is 19.7 Å². The Labute approximate surface area is 169 Å². The highest BCUT2D eigenvalue weighted by Gasteiger charge is 2.19. The van der Waals surface area contributed by atoms with Crippen LogP contribution in [0, 0.1) is 10.1 Å². The maximum Gasteiger partial charge on any atom is 0.313 e. The first-order chi connectivity index (χ1) is 13.7. The van der Waals surface area contributed by atoms with E-state index in [4.69, 9.17) is 0 Å². The fourth-order valence-corrected chi connectivity index (χ4v) is 2.72. The van der Waals surface area contributed by atoms with E-state index in [0.717, 1.165) is 11.3 Å². The van der Waals surface area contributed by atoms with Gasteiger partial charge >= 0.3 is 11.8 Å². The van der Waals surface area contributed by atoms with Crippen molar-refractivity contribution in [1.29, 1.82) is 0 Å². The number of likely N-dealkylation sites (N-methyl/N-ethyl adjacent to an activating group) is 1. The monoisotopic (exact) mass is 399 g/mol. The van der Waals surface area contributed by atoms with Crippen LogP contribution in [0.2, 0.25) is 0 Å². The molecule has 9 heteroatoms. The van der Waals surface area contributed by atoms with Gasteiger partial charge in [-0.05, 0) is 43.9 Å². The minimum Gasteiger partial charge on any atom is -0.378 e. The van der Waals surface area contributed by atoms with Crippen LogP contribution in [0.15, 0.2) is 48.5 Å². The summed E-state index contributed by atoms with van der Waals surface area (Å²) in [6.45, 7) is 0.251. The lowest BCUT2D eigenvalue weighted by Crippen LogP contribution is -2.40. The summed E-state index contributed by atoms with van der Waals surface area (Å²) in [4.78, 5) is 38.3. The quantitative estimate of drug-likeness (QED) is 0.419. The van der Waals surface area contributed by atoms with Crippen LogP contribution >= 0.6 is 0 Å². The molecule has 0 aromatic heterocycles. The van der Waals surface area contributed by atoms with Gasteiger partial charge in [0.25, 0.3) is 5.69 Å². The molecule has 0 heterocycles. The number of nitrogens with one attached hydrogen (secondary N) is 2. The van der Waals surface area contributed by atoms with E-state index in [1.165, 1.54) is 24.3 Å². The predicted molar refractivity (Wildman–Crippen MR) is 112 cm³/mol. The molecule has 1 atom stereocenters. The van der Waals surface area contributed by atoms with Crippen LogP contribution < -0.4 is 15.5 Å². The summed E-state index contributed by atoms with van der Waals surface area (Å²) in [6, 6.07) is 13.1. The lowest BCUT2D eigenvalue weighted by Gasteiger charge is -2.25. The van der Waals surface area contributed by atoms with Gasteiger partial charge in [-0.25, -0.2) is 0 Å². The summed E-state index contributed by atoms with van der Waals surface area (Å²) in [7, 11) is 7.71. The van der Waals surface area contributed by atoms with Gasteiger partial charge in [0.15, 0.2) is 0 Å². The normalized spacial score (nSPS) is 11.6. The van der Waals surface area contributed by atoms with Crippen molar-refractivity contribution in [3.05, 3.63) is 64.2 Å². The molecule has 9 nitrogen and oxygen atoms in total. The van der Waals surface area contributed by atoms with Crippen LogP contribution in [0.4, 0.5) is 17.1 Å². The predicted octanol–water partition coefficient (Wildman–Crippen LogP) is 2.02. The van der Waals surface area contributed by atoms with Gasteiger partial charge in [0, 0.05) is 44.1 Å². The number of nitro groups is 1. The van der Waals surface area contributed by atoms with Gasteiger partial charge in [-0.2, -0.15) is 0 Å². The summed E-state index contributed by atoms with van der Waals surface area (Å²) >= 11 is 0. The van der Waals surface area contributed by atoms with Crippen molar-refractivity contribution in [3.8, 4) is 0 Å². The zero-order chi connectivity index (χ0) is 21.6. The van der Waals surface area contributed by atoms with Crippen LogP contribution in [0.3, 0.4) is 0 Å². The number of non-ortho nitro benzene ring substituents is 1. The molecule has 0 aliphatic carbocycles. The number of carbonyl (C=O) groups excluding carboxylic acids is 2. The Bertz CT molecular complexity index is 863. The number of benzene rings is 2. The molecule has 1 unspecified atom stereocenters. The first-order valence-corrected chi connectivity index (χ1v) is 8.96. The molecule has 154 valence electrons. The average Bonchev–Trinajstić information content (AvgIpc) is 2.68. The Morgan fingerprint density at radius 2 is 1.55 bits per heavy atom. The van der Waals surface area contributed by atoms with Crippen molar-refractivity contribution in [2.75, 3.05) is 45.0 Å². The van der Waals surface area contributed by atoms with Gasteiger partial charge < -0.3 is 20.4 Å². The number of nitro benzene ring substituents is 1. The molecular formula is C20H25N5O4. The first-order valence-electron chi connectivity index (χ1n) is 8.96. The third-order valence-corrected chi connectivity index (χ3v) is 4.42. The Kier molecular flexibility index (Phi) is 7.27. The van der Waals surface area contributed by atoms with Crippen molar-refractivity contribution >= 4 is 28.9 Å². The molecule has 0 spiro atoms. The summed E-state index contributed by atoms with van der Waals surface area (Å²) in [5.41, 5.74) is 2.29. The molecule has 0 aliphatic rings. The molecule has 2 rings (SSSR count). The van der Waals surface area contributed by atoms with Gasteiger partial charge in [0.1, 0.15) is 0 Å². The molecule has 2 amide bonds. The van der Waals surface area contributed by atoms with E-state index in [1.54, 1.807) is 0 Å². The van der Waals surface area contributed by atoms with Gasteiger partial charge in [0.05, 0.1) is 11.0 Å². The van der Waals surface area contributed by atoms with Crippen LogP contribution in [-0.4, -0.2) is 56.4 Å². The van der Waals surface area contributed by atoms with Crippen LogP contribution in [0.5, 0.6) is 0 Å². The number of rotatable bonds is 7. The van der Waals surface area contributed by atoms with Crippen molar-refractivity contribution in [1.82, 2.24) is 10.2 Å². The second-order valence-corrected chi connectivity index (χ2v) is 6.93. The molecule has 2 aromatic carbocycles. The molecule has 0 radical (unpaired) electrons. The first kappa shape index (κ1) is 21.8. The Balaban J connectivity index is 1.97. The van der Waals surface area contributed by atoms with E-state index < -0.39 is 16.7 Å². The van der Waals surface area contributed by atoms with Crippen molar-refractivity contribution in [2.24, 2.45) is 0 Å². The second kappa shape index (κ2) is 9.65. The van der Waals surface area contributed by atoms with Crippen molar-refractivity contribution in [2.45, 2.75) is 6.04 Å². The van der Waals surface area contributed by atoms with Crippen molar-refractivity contribution in [3.63, 3.8) is 0 Å². The highest BCUT2D eigenvalue weighted by molar-refractivity contribution is 6.39. The van der Waals surface area contributed by atoms with Gasteiger partial charge in [0.2, 0.25) is 0 Å². The third-order valence-electron chi connectivity index (χ3n) is 4.42. The zero-order valence-electron chi connectivity index (χ0n) is 16.9. The summed E-state index contributed by atoms with van der Waals surface area (Å²) < 4.78 is 0. The molecular weight excluding hydrogens is 374 g/mol. The van der Waals surface area contributed by atoms with Crippen LogP contribution in [-0.2, 0) is 9.59 Å². The Morgan fingerprint density at radius 1 is 0.966 bits per heavy atom. The smallest absolute Gasteiger partial charge is 0.313 e. The van der Waals surface area contributed by atoms with E-state index >= 15 is 0 Å². The van der Waals surface area contributed by atoms with E-state index in [2.05, 4.69) is 10.6 Å². The number of anilines is 2. The number of hydrogen-bond donors (Lipinski definition) is 2. The number of carbonyl (C=O) groups is 2. The number of hydrogen-bond acceptors (Lipinski definition) is 6. The van der Waals surface area contributed by atoms with Crippen LogP contribution in [0.1, 0.15) is 11.6 Å². The molecule has 0 aliphatic heterocycles. The number of nitrogens with zero attached hydrogens (tertiary/aromatic N) is 3. The van der Waals surface area contributed by atoms with E-state index in [9.17, 15) is 19.7 Å². The second-order valence-electron chi connectivity index (χ2n) is 6.93. The minimum absolute atomic E-state index is 0.0958. The summed E-state index contributed by atoms with van der Waals surface area (Å²) in [5.74, 6) is -1.61. The van der Waals surface area contributed by atoms with Gasteiger partial charge in [-0.1, -0.05) is 12.1 Å². The maximum atomic E-state index is 12.2. The molecule has 0 saturated heterocycles. The Hall–Kier alpha value is -3.46. The zero-order valence-corrected chi connectivity index (χ0v) is 16.9. The topological polar surface area (TPSA) is 108 Å². The molecule has 0 saturated carbocycles. The largest absolute Gasteiger partial charge is 0.378 e. The minimum atomic E-state index is -0.834. The Morgan fingerprint density at radius 3 is 2.03 bits per heavy atom. The third kappa shape index (κ3) is 6.01. The highest BCUT2D eigenvalue weighted by atomic mass is 16.6. The summed E-state index contributed by atoms with van der Waals surface area (Å²) in [5, 5.41) is 15.7. The fraction of sp³-hybridized carbons (Fsp3) is 0.300. The van der Waals surface area contributed by atoms with Crippen molar-refractivity contribution < 1.29 is 14.5 Å². The highest BCUT2D eigenvalue weighted by Crippen LogP contribution is 2.21. The standard InChI is InChI=1S/C20H25N5O4/c1-23(2)16-9-5-14(6-10-16)18(24(3)4)13-21-19(26)20(27)22-15-7-11-17(12-8-15)25(28)29/h5-12,18H,13H2,1-4H3,(H,21,26)(H,22,27). The van der Waals surface area contributed by atoms with Crippen LogP contribution in [0.25, 0.3) is 0 Å². The van der Waals surface area contributed by atoms with E-state index in [-0.39, 0.29) is 18.3 Å². The lowest BCUT2D eigenvalue weighted by atomic mass is 10.1. The molecule has 0 fully saturated rings. The molecule has 29 heavy (non-hydrogen) atoms.